The number of carbonyl (C=O) groups excluding carboxylic acids is 1. The number of rotatable bonds is 8. The molecule has 1 N–H and O–H groups in total. The molecule has 0 bridgehead atoms. The van der Waals surface area contributed by atoms with Crippen LogP contribution < -0.4 is 10.2 Å². The second-order valence-electron chi connectivity index (χ2n) is 6.77. The van der Waals surface area contributed by atoms with Crippen molar-refractivity contribution in [1.29, 1.82) is 0 Å². The number of likely N-dealkylation sites (tertiary alicyclic amines) is 1. The molecule has 1 saturated heterocycles. The number of hydrogen-bond donors (Lipinski definition) is 1. The summed E-state index contributed by atoms with van der Waals surface area (Å²) in [7, 11) is 4.33. The number of hydrogen-bond acceptors (Lipinski definition) is 4. The first-order valence-electron chi connectivity index (χ1n) is 9.06. The second kappa shape index (κ2) is 9.59. The molecule has 0 radical (unpaired) electrons. The molecule has 1 amide bonds. The molecule has 2 rings (SSSR count). The number of carbonyl (C=O) groups is 1. The number of ether oxygens (including phenoxy) is 1. The molecule has 5 nitrogen and oxygen atoms in total. The third kappa shape index (κ3) is 5.87. The largest absolute Gasteiger partial charge is 0.372 e. The second-order valence-corrected chi connectivity index (χ2v) is 6.77. The van der Waals surface area contributed by atoms with Crippen molar-refractivity contribution in [3.8, 4) is 0 Å². The fourth-order valence-electron chi connectivity index (χ4n) is 3.02. The summed E-state index contributed by atoms with van der Waals surface area (Å²) >= 11 is 0. The van der Waals surface area contributed by atoms with Gasteiger partial charge in [0.05, 0.1) is 6.61 Å². The fourth-order valence-corrected chi connectivity index (χ4v) is 3.02. The van der Waals surface area contributed by atoms with Gasteiger partial charge in [-0.2, -0.15) is 0 Å². The maximum Gasteiger partial charge on any atom is 0.253 e. The van der Waals surface area contributed by atoms with E-state index in [1.165, 1.54) is 18.5 Å². The first kappa shape index (κ1) is 19.5. The van der Waals surface area contributed by atoms with Gasteiger partial charge in [-0.3, -0.25) is 4.79 Å². The summed E-state index contributed by atoms with van der Waals surface area (Å²) in [5, 5.41) is 2.91. The Hall–Kier alpha value is -1.85. The molecule has 1 aromatic carbocycles. The highest BCUT2D eigenvalue weighted by atomic mass is 16.5. The van der Waals surface area contributed by atoms with Crippen LogP contribution in [0.25, 0.3) is 0 Å². The van der Waals surface area contributed by atoms with E-state index in [2.05, 4.69) is 47.9 Å². The zero-order valence-corrected chi connectivity index (χ0v) is 15.7. The summed E-state index contributed by atoms with van der Waals surface area (Å²) in [5.41, 5.74) is 1.98. The zero-order chi connectivity index (χ0) is 18.2. The molecule has 25 heavy (non-hydrogen) atoms. The highest BCUT2D eigenvalue weighted by Gasteiger charge is 2.21. The predicted octanol–water partition coefficient (Wildman–Crippen LogP) is 3.14. The Kier molecular flexibility index (Phi) is 7.47. The van der Waals surface area contributed by atoms with Crippen LogP contribution in [0.3, 0.4) is 0 Å². The van der Waals surface area contributed by atoms with Gasteiger partial charge in [0, 0.05) is 24.5 Å². The molecule has 0 spiro atoms. The summed E-state index contributed by atoms with van der Waals surface area (Å²) in [4.78, 5) is 16.8. The van der Waals surface area contributed by atoms with Crippen LogP contribution in [-0.4, -0.2) is 56.7 Å². The van der Waals surface area contributed by atoms with Crippen molar-refractivity contribution in [2.24, 2.45) is 0 Å². The zero-order valence-electron chi connectivity index (χ0n) is 15.7. The summed E-state index contributed by atoms with van der Waals surface area (Å²) in [6.07, 6.45) is 4.43. The van der Waals surface area contributed by atoms with Gasteiger partial charge < -0.3 is 19.9 Å². The molecule has 1 aromatic rings. The minimum Gasteiger partial charge on any atom is -0.372 e. The molecule has 1 heterocycles. The lowest BCUT2D eigenvalue weighted by Gasteiger charge is -2.36. The van der Waals surface area contributed by atoms with Crippen molar-refractivity contribution >= 4 is 17.3 Å². The van der Waals surface area contributed by atoms with Crippen molar-refractivity contribution in [1.82, 2.24) is 4.90 Å². The van der Waals surface area contributed by atoms with Crippen LogP contribution in [0.1, 0.15) is 26.2 Å². The molecule has 1 aliphatic heterocycles. The fraction of sp³-hybridized carbons (Fsp3) is 0.550. The van der Waals surface area contributed by atoms with E-state index in [1.807, 2.05) is 12.1 Å². The Morgan fingerprint density at radius 2 is 2.04 bits per heavy atom. The van der Waals surface area contributed by atoms with Gasteiger partial charge in [0.2, 0.25) is 0 Å². The third-order valence-electron chi connectivity index (χ3n) is 4.84. The van der Waals surface area contributed by atoms with Crippen LogP contribution in [0, 0.1) is 0 Å². The average molecular weight is 345 g/mol. The van der Waals surface area contributed by atoms with Crippen molar-refractivity contribution < 1.29 is 9.53 Å². The standard InChI is InChI=1S/C20H31N3O2/c1-5-6-15-25-16(2)20(24)21-17-7-9-18(10-8-17)23(4)19-11-13-22(3)14-12-19/h5,7-10,16,19H,1,6,11-15H2,2-4H3,(H,21,24). The first-order valence-corrected chi connectivity index (χ1v) is 9.06. The van der Waals surface area contributed by atoms with E-state index >= 15 is 0 Å². The maximum absolute atomic E-state index is 12.1. The molecular formula is C20H31N3O2. The molecular weight excluding hydrogens is 314 g/mol. The Morgan fingerprint density at radius 3 is 2.64 bits per heavy atom. The van der Waals surface area contributed by atoms with Crippen molar-refractivity contribution in [3.05, 3.63) is 36.9 Å². The average Bonchev–Trinajstić information content (AvgIpc) is 2.62. The van der Waals surface area contributed by atoms with E-state index in [1.54, 1.807) is 13.0 Å². The molecule has 0 aromatic heterocycles. The van der Waals surface area contributed by atoms with Crippen molar-refractivity contribution in [2.45, 2.75) is 38.3 Å². The number of nitrogens with zero attached hydrogens (tertiary/aromatic N) is 2. The van der Waals surface area contributed by atoms with Gasteiger partial charge in [-0.15, -0.1) is 6.58 Å². The van der Waals surface area contributed by atoms with Gasteiger partial charge in [0.1, 0.15) is 6.10 Å². The van der Waals surface area contributed by atoms with E-state index in [9.17, 15) is 4.79 Å². The first-order chi connectivity index (χ1) is 12.0. The number of anilines is 2. The van der Waals surface area contributed by atoms with E-state index in [0.29, 0.717) is 12.6 Å². The predicted molar refractivity (Wildman–Crippen MR) is 104 cm³/mol. The molecule has 1 aliphatic rings. The summed E-state index contributed by atoms with van der Waals surface area (Å²) in [5.74, 6) is -0.125. The van der Waals surface area contributed by atoms with E-state index in [0.717, 1.165) is 25.2 Å². The molecule has 0 aliphatic carbocycles. The van der Waals surface area contributed by atoms with Crippen LogP contribution in [0.2, 0.25) is 0 Å². The third-order valence-corrected chi connectivity index (χ3v) is 4.84. The van der Waals surface area contributed by atoms with E-state index < -0.39 is 6.10 Å². The van der Waals surface area contributed by atoms with E-state index in [4.69, 9.17) is 4.74 Å². The van der Waals surface area contributed by atoms with Crippen molar-refractivity contribution in [2.75, 3.05) is 44.0 Å². The quantitative estimate of drug-likeness (QED) is 0.581. The van der Waals surface area contributed by atoms with Gasteiger partial charge in [-0.25, -0.2) is 0 Å². The van der Waals surface area contributed by atoms with Crippen LogP contribution in [0.5, 0.6) is 0 Å². The lowest BCUT2D eigenvalue weighted by atomic mass is 10.0. The minimum absolute atomic E-state index is 0.125. The molecule has 1 unspecified atom stereocenters. The number of piperidine rings is 1. The van der Waals surface area contributed by atoms with Crippen LogP contribution in [0.4, 0.5) is 11.4 Å². The van der Waals surface area contributed by atoms with E-state index in [-0.39, 0.29) is 5.91 Å². The lowest BCUT2D eigenvalue weighted by Crippen LogP contribution is -2.41. The molecule has 0 saturated carbocycles. The van der Waals surface area contributed by atoms with Crippen LogP contribution in [-0.2, 0) is 9.53 Å². The smallest absolute Gasteiger partial charge is 0.253 e. The Labute approximate surface area is 151 Å². The number of benzene rings is 1. The van der Waals surface area contributed by atoms with Gasteiger partial charge in [0.25, 0.3) is 5.91 Å². The number of amides is 1. The topological polar surface area (TPSA) is 44.8 Å². The van der Waals surface area contributed by atoms with Gasteiger partial charge in [-0.05, 0) is 70.6 Å². The van der Waals surface area contributed by atoms with Gasteiger partial charge in [-0.1, -0.05) is 6.08 Å². The number of nitrogens with one attached hydrogen (secondary N) is 1. The minimum atomic E-state index is -0.471. The molecule has 1 atom stereocenters. The Balaban J connectivity index is 1.86. The van der Waals surface area contributed by atoms with Crippen LogP contribution in [0.15, 0.2) is 36.9 Å². The van der Waals surface area contributed by atoms with Gasteiger partial charge in [0.15, 0.2) is 0 Å². The molecule has 1 fully saturated rings. The molecule has 138 valence electrons. The normalized spacial score (nSPS) is 17.1. The highest BCUT2D eigenvalue weighted by molar-refractivity contribution is 5.94. The lowest BCUT2D eigenvalue weighted by molar-refractivity contribution is -0.126. The summed E-state index contributed by atoms with van der Waals surface area (Å²) in [6.45, 7) is 8.21. The van der Waals surface area contributed by atoms with Gasteiger partial charge >= 0.3 is 0 Å². The van der Waals surface area contributed by atoms with Crippen LogP contribution >= 0.6 is 0 Å². The highest BCUT2D eigenvalue weighted by Crippen LogP contribution is 2.23. The Bertz CT molecular complexity index is 551. The molecule has 5 heteroatoms. The SMILES string of the molecule is C=CCCOC(C)C(=O)Nc1ccc(N(C)C2CCN(C)CC2)cc1. The summed E-state index contributed by atoms with van der Waals surface area (Å²) < 4.78 is 5.47. The Morgan fingerprint density at radius 1 is 1.40 bits per heavy atom. The van der Waals surface area contributed by atoms with Crippen molar-refractivity contribution in [3.63, 3.8) is 0 Å². The summed E-state index contributed by atoms with van der Waals surface area (Å²) in [6, 6.07) is 8.62. The maximum atomic E-state index is 12.1. The monoisotopic (exact) mass is 345 g/mol.